The number of likely N-dealkylation sites (N-methyl/N-ethyl adjacent to an activating group) is 1. The summed E-state index contributed by atoms with van der Waals surface area (Å²) in [6.45, 7) is 2.90. The molecule has 1 aliphatic carbocycles. The molecule has 0 heterocycles. The summed E-state index contributed by atoms with van der Waals surface area (Å²) in [7, 11) is 0. The number of hydrogen-bond donors (Lipinski definition) is 1. The summed E-state index contributed by atoms with van der Waals surface area (Å²) < 4.78 is 0. The van der Waals surface area contributed by atoms with Gasteiger partial charge in [-0.05, 0) is 49.4 Å². The molecule has 4 heteroatoms. The zero-order valence-corrected chi connectivity index (χ0v) is 11.4. The van der Waals surface area contributed by atoms with E-state index >= 15 is 0 Å². The van der Waals surface area contributed by atoms with Crippen molar-refractivity contribution in [3.63, 3.8) is 0 Å². The predicted octanol–water partition coefficient (Wildman–Crippen LogP) is 1.92. The molecule has 0 bridgehead atoms. The van der Waals surface area contributed by atoms with Gasteiger partial charge in [-0.2, -0.15) is 0 Å². The molecule has 0 unspecified atom stereocenters. The minimum atomic E-state index is 0.0139. The topological polar surface area (TPSA) is 46.3 Å². The molecule has 0 saturated carbocycles. The largest absolute Gasteiger partial charge is 0.392 e. The number of amides is 1. The second-order valence-corrected chi connectivity index (χ2v) is 5.15. The average Bonchev–Trinajstić information content (AvgIpc) is 2.81. The lowest BCUT2D eigenvalue weighted by molar-refractivity contribution is 0.0788. The lowest BCUT2D eigenvalue weighted by atomic mass is 10.1. The van der Waals surface area contributed by atoms with Gasteiger partial charge < -0.3 is 10.6 Å². The Morgan fingerprint density at radius 2 is 2.11 bits per heavy atom. The Hall–Kier alpha value is -1.42. The summed E-state index contributed by atoms with van der Waals surface area (Å²) >= 11 is 4.87. The van der Waals surface area contributed by atoms with Gasteiger partial charge in [-0.3, -0.25) is 4.79 Å². The smallest absolute Gasteiger partial charge is 0.254 e. The average molecular weight is 262 g/mol. The zero-order valence-electron chi connectivity index (χ0n) is 10.6. The van der Waals surface area contributed by atoms with Gasteiger partial charge in [0.25, 0.3) is 5.91 Å². The minimum absolute atomic E-state index is 0.0139. The summed E-state index contributed by atoms with van der Waals surface area (Å²) in [6.07, 6.45) is 3.41. The van der Waals surface area contributed by atoms with Crippen LogP contribution in [0.2, 0.25) is 0 Å². The van der Waals surface area contributed by atoms with Crippen LogP contribution in [0.4, 0.5) is 0 Å². The normalized spacial score (nSPS) is 13.2. The maximum atomic E-state index is 12.3. The van der Waals surface area contributed by atoms with Crippen molar-refractivity contribution in [2.45, 2.75) is 26.2 Å². The zero-order chi connectivity index (χ0) is 13.1. The number of fused-ring (bicyclic) bond motifs is 1. The molecular formula is C14H18N2OS. The summed E-state index contributed by atoms with van der Waals surface area (Å²) in [5, 5.41) is 0. The van der Waals surface area contributed by atoms with Gasteiger partial charge >= 0.3 is 0 Å². The molecule has 0 aromatic heterocycles. The van der Waals surface area contributed by atoms with Crippen LogP contribution in [-0.4, -0.2) is 28.9 Å². The highest BCUT2D eigenvalue weighted by atomic mass is 32.1. The van der Waals surface area contributed by atoms with Gasteiger partial charge in [0, 0.05) is 12.1 Å². The van der Waals surface area contributed by atoms with E-state index in [0.717, 1.165) is 18.4 Å². The third-order valence-electron chi connectivity index (χ3n) is 3.36. The highest BCUT2D eigenvalue weighted by Gasteiger charge is 2.18. The van der Waals surface area contributed by atoms with Gasteiger partial charge in [0.05, 0.1) is 11.5 Å². The molecule has 1 aromatic rings. The number of nitrogens with two attached hydrogens (primary N) is 1. The first kappa shape index (κ1) is 13.0. The lowest BCUT2D eigenvalue weighted by Gasteiger charge is -2.20. The molecular weight excluding hydrogens is 244 g/mol. The van der Waals surface area contributed by atoms with Crippen molar-refractivity contribution >= 4 is 23.1 Å². The Morgan fingerprint density at radius 1 is 1.39 bits per heavy atom. The van der Waals surface area contributed by atoms with Crippen LogP contribution in [0.5, 0.6) is 0 Å². The highest BCUT2D eigenvalue weighted by Crippen LogP contribution is 2.23. The Kier molecular flexibility index (Phi) is 3.97. The molecule has 1 aromatic carbocycles. The molecule has 0 radical (unpaired) electrons. The fourth-order valence-electron chi connectivity index (χ4n) is 2.40. The Labute approximate surface area is 113 Å². The van der Waals surface area contributed by atoms with Crippen molar-refractivity contribution in [3.05, 3.63) is 34.9 Å². The fourth-order valence-corrected chi connectivity index (χ4v) is 2.56. The van der Waals surface area contributed by atoms with Crippen LogP contribution in [0.25, 0.3) is 0 Å². The number of nitrogens with zero attached hydrogens (tertiary/aromatic N) is 1. The second kappa shape index (κ2) is 5.48. The molecule has 3 nitrogen and oxygen atoms in total. The van der Waals surface area contributed by atoms with E-state index in [1.54, 1.807) is 4.90 Å². The predicted molar refractivity (Wildman–Crippen MR) is 76.8 cm³/mol. The molecule has 0 saturated heterocycles. The van der Waals surface area contributed by atoms with Gasteiger partial charge in [-0.1, -0.05) is 18.3 Å². The Balaban J connectivity index is 2.19. The summed E-state index contributed by atoms with van der Waals surface area (Å²) in [5.41, 5.74) is 8.95. The van der Waals surface area contributed by atoms with Crippen LogP contribution >= 0.6 is 12.2 Å². The van der Waals surface area contributed by atoms with E-state index in [1.165, 1.54) is 17.5 Å². The third kappa shape index (κ3) is 2.70. The Bertz CT molecular complexity index is 485. The first-order valence-electron chi connectivity index (χ1n) is 6.31. The van der Waals surface area contributed by atoms with E-state index in [-0.39, 0.29) is 5.91 Å². The van der Waals surface area contributed by atoms with Gasteiger partial charge in [0.2, 0.25) is 0 Å². The number of carbonyl (C=O) groups is 1. The number of aryl methyl sites for hydroxylation is 2. The maximum Gasteiger partial charge on any atom is 0.254 e. The standard InChI is InChI=1S/C14H18N2OS/c1-2-16(9-13(15)18)14(17)12-7-6-10-4-3-5-11(10)8-12/h6-8H,2-5,9H2,1H3,(H2,15,18). The van der Waals surface area contributed by atoms with Gasteiger partial charge in [-0.25, -0.2) is 0 Å². The van der Waals surface area contributed by atoms with Gasteiger partial charge in [0.1, 0.15) is 0 Å². The molecule has 0 aliphatic heterocycles. The van der Waals surface area contributed by atoms with Crippen LogP contribution in [0, 0.1) is 0 Å². The molecule has 18 heavy (non-hydrogen) atoms. The number of rotatable bonds is 4. The van der Waals surface area contributed by atoms with Crippen LogP contribution in [0.15, 0.2) is 18.2 Å². The quantitative estimate of drug-likeness (QED) is 0.843. The van der Waals surface area contributed by atoms with E-state index < -0.39 is 0 Å². The van der Waals surface area contributed by atoms with E-state index in [1.807, 2.05) is 19.1 Å². The number of hydrogen-bond acceptors (Lipinski definition) is 2. The summed E-state index contributed by atoms with van der Waals surface area (Å²) in [6, 6.07) is 6.01. The first-order valence-corrected chi connectivity index (χ1v) is 6.72. The molecule has 0 fully saturated rings. The molecule has 2 N–H and O–H groups in total. The summed E-state index contributed by atoms with van der Waals surface area (Å²) in [4.78, 5) is 14.4. The fraction of sp³-hybridized carbons (Fsp3) is 0.429. The van der Waals surface area contributed by atoms with Gasteiger partial charge in [-0.15, -0.1) is 0 Å². The number of carbonyl (C=O) groups excluding carboxylic acids is 1. The third-order valence-corrected chi connectivity index (χ3v) is 3.49. The number of benzene rings is 1. The molecule has 2 rings (SSSR count). The highest BCUT2D eigenvalue weighted by molar-refractivity contribution is 7.80. The SMILES string of the molecule is CCN(CC(N)=S)C(=O)c1ccc2c(c1)CCC2. The van der Waals surface area contributed by atoms with Crippen molar-refractivity contribution in [1.82, 2.24) is 4.90 Å². The van der Waals surface area contributed by atoms with Crippen LogP contribution < -0.4 is 5.73 Å². The summed E-state index contributed by atoms with van der Waals surface area (Å²) in [5.74, 6) is 0.0139. The van der Waals surface area contributed by atoms with E-state index in [9.17, 15) is 4.79 Å². The van der Waals surface area contributed by atoms with Crippen molar-refractivity contribution < 1.29 is 4.79 Å². The Morgan fingerprint density at radius 3 is 2.78 bits per heavy atom. The van der Waals surface area contributed by atoms with E-state index in [2.05, 4.69) is 6.07 Å². The first-order chi connectivity index (χ1) is 8.61. The van der Waals surface area contributed by atoms with Crippen LogP contribution in [0.3, 0.4) is 0 Å². The van der Waals surface area contributed by atoms with E-state index in [4.69, 9.17) is 18.0 Å². The maximum absolute atomic E-state index is 12.3. The molecule has 1 aliphatic rings. The monoisotopic (exact) mass is 262 g/mol. The van der Waals surface area contributed by atoms with E-state index in [0.29, 0.717) is 18.1 Å². The van der Waals surface area contributed by atoms with Gasteiger partial charge in [0.15, 0.2) is 0 Å². The van der Waals surface area contributed by atoms with Crippen molar-refractivity contribution in [3.8, 4) is 0 Å². The van der Waals surface area contributed by atoms with Crippen molar-refractivity contribution in [2.75, 3.05) is 13.1 Å². The molecule has 1 amide bonds. The molecule has 0 atom stereocenters. The second-order valence-electron chi connectivity index (χ2n) is 4.62. The number of thiocarbonyl (C=S) groups is 1. The molecule has 0 spiro atoms. The van der Waals surface area contributed by atoms with Crippen LogP contribution in [0.1, 0.15) is 34.8 Å². The van der Waals surface area contributed by atoms with Crippen molar-refractivity contribution in [2.24, 2.45) is 5.73 Å². The molecule has 96 valence electrons. The minimum Gasteiger partial charge on any atom is -0.392 e. The lowest BCUT2D eigenvalue weighted by Crippen LogP contribution is -2.37. The van der Waals surface area contributed by atoms with Crippen LogP contribution in [-0.2, 0) is 12.8 Å². The van der Waals surface area contributed by atoms with Crippen molar-refractivity contribution in [1.29, 1.82) is 0 Å².